The van der Waals surface area contributed by atoms with Crippen molar-refractivity contribution in [3.8, 4) is 0 Å². The number of hydrogen-bond acceptors (Lipinski definition) is 2. The molecule has 0 fully saturated rings. The number of benzene rings is 1. The molecule has 0 aliphatic rings. The molecule has 16 heavy (non-hydrogen) atoms. The molecule has 0 radical (unpaired) electrons. The summed E-state index contributed by atoms with van der Waals surface area (Å²) in [6, 6.07) is 10.1. The molecule has 0 saturated heterocycles. The Kier molecular flexibility index (Phi) is 6.24. The standard InChI is InChI=1S/C14H20OS/c1-3-7-12(2)10-13(15)11-16-14-8-5-4-6-9-14/h4-6,8-9,12H,3,7,10-11H2,1-2H3. The Bertz CT molecular complexity index is 308. The van der Waals surface area contributed by atoms with Crippen LogP contribution in [0.2, 0.25) is 0 Å². The molecular formula is C14H20OS. The second-order valence-corrected chi connectivity index (χ2v) is 5.29. The first-order valence-corrected chi connectivity index (χ1v) is 6.90. The van der Waals surface area contributed by atoms with Crippen molar-refractivity contribution in [3.05, 3.63) is 30.3 Å². The van der Waals surface area contributed by atoms with Gasteiger partial charge in [-0.25, -0.2) is 0 Å². The van der Waals surface area contributed by atoms with Gasteiger partial charge in [0.05, 0.1) is 5.75 Å². The van der Waals surface area contributed by atoms with Crippen LogP contribution in [0.4, 0.5) is 0 Å². The van der Waals surface area contributed by atoms with Gasteiger partial charge in [0.15, 0.2) is 0 Å². The SMILES string of the molecule is CCCC(C)CC(=O)CSc1ccccc1. The molecular weight excluding hydrogens is 216 g/mol. The van der Waals surface area contributed by atoms with Gasteiger partial charge in [-0.15, -0.1) is 11.8 Å². The number of Topliss-reactive ketones (excluding diaryl/α,β-unsaturated/α-hetero) is 1. The van der Waals surface area contributed by atoms with Gasteiger partial charge in [0.25, 0.3) is 0 Å². The summed E-state index contributed by atoms with van der Waals surface area (Å²) in [4.78, 5) is 12.9. The van der Waals surface area contributed by atoms with Crippen LogP contribution in [0.15, 0.2) is 35.2 Å². The molecule has 0 bridgehead atoms. The lowest BCUT2D eigenvalue weighted by Gasteiger charge is -2.08. The Labute approximate surface area is 103 Å². The van der Waals surface area contributed by atoms with Crippen molar-refractivity contribution >= 4 is 17.5 Å². The summed E-state index contributed by atoms with van der Waals surface area (Å²) < 4.78 is 0. The minimum Gasteiger partial charge on any atom is -0.299 e. The lowest BCUT2D eigenvalue weighted by molar-refractivity contribution is -0.117. The summed E-state index contributed by atoms with van der Waals surface area (Å²) in [5.74, 6) is 1.52. The van der Waals surface area contributed by atoms with E-state index in [1.54, 1.807) is 11.8 Å². The monoisotopic (exact) mass is 236 g/mol. The fourth-order valence-electron chi connectivity index (χ4n) is 1.72. The molecule has 88 valence electrons. The zero-order chi connectivity index (χ0) is 11.8. The highest BCUT2D eigenvalue weighted by molar-refractivity contribution is 8.00. The summed E-state index contributed by atoms with van der Waals surface area (Å²) in [7, 11) is 0. The van der Waals surface area contributed by atoms with Crippen LogP contribution in [0.5, 0.6) is 0 Å². The normalized spacial score (nSPS) is 12.4. The van der Waals surface area contributed by atoms with Gasteiger partial charge in [-0.05, 0) is 18.1 Å². The average molecular weight is 236 g/mol. The summed E-state index contributed by atoms with van der Waals surface area (Å²) in [6.07, 6.45) is 3.05. The van der Waals surface area contributed by atoms with E-state index in [1.165, 1.54) is 11.3 Å². The topological polar surface area (TPSA) is 17.1 Å². The van der Waals surface area contributed by atoms with Crippen molar-refractivity contribution in [1.29, 1.82) is 0 Å². The number of hydrogen-bond donors (Lipinski definition) is 0. The Morgan fingerprint density at radius 3 is 2.62 bits per heavy atom. The maximum atomic E-state index is 11.7. The lowest BCUT2D eigenvalue weighted by Crippen LogP contribution is -2.07. The van der Waals surface area contributed by atoms with E-state index in [-0.39, 0.29) is 0 Å². The summed E-state index contributed by atoms with van der Waals surface area (Å²) in [5.41, 5.74) is 0. The van der Waals surface area contributed by atoms with Crippen LogP contribution < -0.4 is 0 Å². The maximum absolute atomic E-state index is 11.7. The summed E-state index contributed by atoms with van der Waals surface area (Å²) in [5, 5.41) is 0. The maximum Gasteiger partial charge on any atom is 0.143 e. The Morgan fingerprint density at radius 1 is 1.31 bits per heavy atom. The fraction of sp³-hybridized carbons (Fsp3) is 0.500. The molecule has 0 N–H and O–H groups in total. The predicted molar refractivity (Wildman–Crippen MR) is 70.9 cm³/mol. The predicted octanol–water partition coefficient (Wildman–Crippen LogP) is 4.17. The van der Waals surface area contributed by atoms with Crippen molar-refractivity contribution in [1.82, 2.24) is 0 Å². The Balaban J connectivity index is 2.25. The van der Waals surface area contributed by atoms with Gasteiger partial charge in [-0.2, -0.15) is 0 Å². The molecule has 1 rings (SSSR count). The van der Waals surface area contributed by atoms with E-state index in [0.717, 1.165) is 12.8 Å². The molecule has 0 saturated carbocycles. The fourth-order valence-corrected chi connectivity index (χ4v) is 2.52. The van der Waals surface area contributed by atoms with E-state index < -0.39 is 0 Å². The van der Waals surface area contributed by atoms with Crippen LogP contribution in [0.3, 0.4) is 0 Å². The molecule has 0 aliphatic heterocycles. The van der Waals surface area contributed by atoms with E-state index in [2.05, 4.69) is 13.8 Å². The average Bonchev–Trinajstić information content (AvgIpc) is 2.28. The molecule has 1 aromatic carbocycles. The molecule has 0 aromatic heterocycles. The van der Waals surface area contributed by atoms with Gasteiger partial charge in [0.1, 0.15) is 5.78 Å². The Morgan fingerprint density at radius 2 is 2.00 bits per heavy atom. The third-order valence-corrected chi connectivity index (χ3v) is 3.57. The highest BCUT2D eigenvalue weighted by Crippen LogP contribution is 2.19. The second-order valence-electron chi connectivity index (χ2n) is 4.24. The van der Waals surface area contributed by atoms with E-state index >= 15 is 0 Å². The number of thioether (sulfide) groups is 1. The minimum atomic E-state index is 0.370. The van der Waals surface area contributed by atoms with Crippen LogP contribution in [-0.2, 0) is 4.79 Å². The van der Waals surface area contributed by atoms with Crippen molar-refractivity contribution in [2.75, 3.05) is 5.75 Å². The minimum absolute atomic E-state index is 0.370. The van der Waals surface area contributed by atoms with E-state index in [0.29, 0.717) is 17.5 Å². The smallest absolute Gasteiger partial charge is 0.143 e. The molecule has 0 heterocycles. The van der Waals surface area contributed by atoms with Gasteiger partial charge in [-0.3, -0.25) is 4.79 Å². The van der Waals surface area contributed by atoms with Crippen LogP contribution in [0.1, 0.15) is 33.1 Å². The van der Waals surface area contributed by atoms with E-state index in [1.807, 2.05) is 30.3 Å². The molecule has 0 amide bonds. The van der Waals surface area contributed by atoms with Gasteiger partial charge in [0, 0.05) is 11.3 Å². The molecule has 1 atom stereocenters. The third-order valence-electron chi connectivity index (χ3n) is 2.50. The molecule has 0 spiro atoms. The second kappa shape index (κ2) is 7.50. The van der Waals surface area contributed by atoms with Crippen molar-refractivity contribution in [2.24, 2.45) is 5.92 Å². The van der Waals surface area contributed by atoms with Gasteiger partial charge < -0.3 is 0 Å². The largest absolute Gasteiger partial charge is 0.299 e. The number of rotatable bonds is 7. The molecule has 0 aliphatic carbocycles. The van der Waals surface area contributed by atoms with Crippen molar-refractivity contribution < 1.29 is 4.79 Å². The third kappa shape index (κ3) is 5.36. The van der Waals surface area contributed by atoms with Crippen molar-refractivity contribution in [2.45, 2.75) is 38.0 Å². The number of ketones is 1. The Hall–Kier alpha value is -0.760. The quantitative estimate of drug-likeness (QED) is 0.661. The highest BCUT2D eigenvalue weighted by Gasteiger charge is 2.08. The van der Waals surface area contributed by atoms with Crippen LogP contribution >= 0.6 is 11.8 Å². The van der Waals surface area contributed by atoms with Crippen molar-refractivity contribution in [3.63, 3.8) is 0 Å². The van der Waals surface area contributed by atoms with E-state index in [9.17, 15) is 4.79 Å². The summed E-state index contributed by atoms with van der Waals surface area (Å²) in [6.45, 7) is 4.33. The zero-order valence-corrected chi connectivity index (χ0v) is 10.9. The number of carbonyl (C=O) groups is 1. The van der Waals surface area contributed by atoms with E-state index in [4.69, 9.17) is 0 Å². The van der Waals surface area contributed by atoms with Gasteiger partial charge >= 0.3 is 0 Å². The molecule has 1 unspecified atom stereocenters. The number of carbonyl (C=O) groups excluding carboxylic acids is 1. The first kappa shape index (κ1) is 13.3. The highest BCUT2D eigenvalue weighted by atomic mass is 32.2. The molecule has 2 heteroatoms. The molecule has 1 nitrogen and oxygen atoms in total. The van der Waals surface area contributed by atoms with Crippen LogP contribution in [-0.4, -0.2) is 11.5 Å². The first-order valence-electron chi connectivity index (χ1n) is 5.92. The van der Waals surface area contributed by atoms with Crippen LogP contribution in [0, 0.1) is 5.92 Å². The lowest BCUT2D eigenvalue weighted by atomic mass is 10.0. The van der Waals surface area contributed by atoms with Gasteiger partial charge in [0.2, 0.25) is 0 Å². The first-order chi connectivity index (χ1) is 7.72. The summed E-state index contributed by atoms with van der Waals surface area (Å²) >= 11 is 1.64. The molecule has 1 aromatic rings. The zero-order valence-electron chi connectivity index (χ0n) is 10.1. The van der Waals surface area contributed by atoms with Gasteiger partial charge in [-0.1, -0.05) is 44.9 Å². The van der Waals surface area contributed by atoms with Crippen LogP contribution in [0.25, 0.3) is 0 Å².